The summed E-state index contributed by atoms with van der Waals surface area (Å²) in [6.45, 7) is 1.17. The summed E-state index contributed by atoms with van der Waals surface area (Å²) in [6, 6.07) is 13.2. The molecule has 0 unspecified atom stereocenters. The first-order chi connectivity index (χ1) is 16.8. The highest BCUT2D eigenvalue weighted by Crippen LogP contribution is 2.40. The zero-order valence-electron chi connectivity index (χ0n) is 20.5. The third kappa shape index (κ3) is 4.73. The molecule has 0 spiro atoms. The van der Waals surface area contributed by atoms with Gasteiger partial charge in [-0.3, -0.25) is 10.1 Å². The maximum Gasteiger partial charge on any atom is 0.294 e. The second-order valence-electron chi connectivity index (χ2n) is 8.42. The number of hydrogen-bond donors (Lipinski definition) is 1. The summed E-state index contributed by atoms with van der Waals surface area (Å²) in [5.41, 5.74) is 3.70. The number of ether oxygens (including phenoxy) is 1. The third-order valence-corrected chi connectivity index (χ3v) is 5.88. The molecule has 2 heterocycles. The second kappa shape index (κ2) is 9.98. The van der Waals surface area contributed by atoms with Gasteiger partial charge in [0.1, 0.15) is 11.4 Å². The van der Waals surface area contributed by atoms with Crippen LogP contribution in [0.5, 0.6) is 5.75 Å². The van der Waals surface area contributed by atoms with E-state index in [1.165, 1.54) is 6.07 Å². The minimum Gasteiger partial charge on any atom is -0.494 e. The first kappa shape index (κ1) is 24.0. The molecule has 0 fully saturated rings. The lowest BCUT2D eigenvalue weighted by atomic mass is 10.1. The van der Waals surface area contributed by atoms with Crippen molar-refractivity contribution in [3.8, 4) is 17.0 Å². The van der Waals surface area contributed by atoms with E-state index >= 15 is 0 Å². The summed E-state index contributed by atoms with van der Waals surface area (Å²) in [6.07, 6.45) is 3.76. The molecule has 0 aliphatic carbocycles. The van der Waals surface area contributed by atoms with E-state index in [4.69, 9.17) is 9.72 Å². The molecule has 0 radical (unpaired) electrons. The first-order valence-electron chi connectivity index (χ1n) is 11.2. The SMILES string of the molecule is CNc1cc(OC)c(N(CCN(C)C)c2nccc(-c3cn(C)c4ccccc34)n2)cc1[N+](=O)[O-]. The highest BCUT2D eigenvalue weighted by Gasteiger charge is 2.24. The fourth-order valence-electron chi connectivity index (χ4n) is 4.09. The average molecular weight is 476 g/mol. The molecule has 0 aliphatic heterocycles. The molecule has 182 valence electrons. The molecule has 0 atom stereocenters. The second-order valence-corrected chi connectivity index (χ2v) is 8.42. The highest BCUT2D eigenvalue weighted by atomic mass is 16.6. The van der Waals surface area contributed by atoms with E-state index in [1.54, 1.807) is 26.4 Å². The number of para-hydroxylation sites is 1. The van der Waals surface area contributed by atoms with Crippen molar-refractivity contribution in [3.05, 3.63) is 65.0 Å². The number of methoxy groups -OCH3 is 1. The predicted octanol–water partition coefficient (Wildman–Crippen LogP) is 4.29. The Bertz CT molecular complexity index is 1370. The minimum absolute atomic E-state index is 0.0524. The molecule has 0 amide bonds. The molecular weight excluding hydrogens is 446 g/mol. The largest absolute Gasteiger partial charge is 0.494 e. The first-order valence-corrected chi connectivity index (χ1v) is 11.2. The highest BCUT2D eigenvalue weighted by molar-refractivity contribution is 5.95. The number of nitrogens with one attached hydrogen (secondary N) is 1. The molecule has 2 aromatic carbocycles. The molecular formula is C25H29N7O3. The van der Waals surface area contributed by atoms with Gasteiger partial charge in [0, 0.05) is 68.2 Å². The predicted molar refractivity (Wildman–Crippen MR) is 139 cm³/mol. The Hall–Kier alpha value is -4.18. The minimum atomic E-state index is -0.410. The van der Waals surface area contributed by atoms with Crippen LogP contribution in [0.1, 0.15) is 0 Å². The lowest BCUT2D eigenvalue weighted by Crippen LogP contribution is -2.30. The van der Waals surface area contributed by atoms with Gasteiger partial charge in [-0.2, -0.15) is 0 Å². The number of aryl methyl sites for hydroxylation is 1. The summed E-state index contributed by atoms with van der Waals surface area (Å²) in [7, 11) is 9.12. The molecule has 4 rings (SSSR count). The Labute approximate surface area is 203 Å². The Morgan fingerprint density at radius 2 is 1.94 bits per heavy atom. The van der Waals surface area contributed by atoms with Crippen LogP contribution < -0.4 is 15.0 Å². The maximum absolute atomic E-state index is 11.8. The lowest BCUT2D eigenvalue weighted by Gasteiger charge is -2.26. The molecule has 35 heavy (non-hydrogen) atoms. The van der Waals surface area contributed by atoms with Crippen molar-refractivity contribution in [3.63, 3.8) is 0 Å². The van der Waals surface area contributed by atoms with E-state index in [0.717, 1.165) is 22.2 Å². The number of rotatable bonds is 9. The fourth-order valence-corrected chi connectivity index (χ4v) is 4.09. The number of hydrogen-bond acceptors (Lipinski definition) is 8. The van der Waals surface area contributed by atoms with Gasteiger partial charge in [0.05, 0.1) is 23.4 Å². The fraction of sp³-hybridized carbons (Fsp3) is 0.280. The van der Waals surface area contributed by atoms with Gasteiger partial charge in [-0.1, -0.05) is 18.2 Å². The van der Waals surface area contributed by atoms with Crippen LogP contribution in [0.25, 0.3) is 22.2 Å². The van der Waals surface area contributed by atoms with Gasteiger partial charge < -0.3 is 24.4 Å². The van der Waals surface area contributed by atoms with Gasteiger partial charge >= 0.3 is 0 Å². The van der Waals surface area contributed by atoms with E-state index in [-0.39, 0.29) is 5.69 Å². The number of nitrogens with zero attached hydrogens (tertiary/aromatic N) is 6. The van der Waals surface area contributed by atoms with Gasteiger partial charge in [0.15, 0.2) is 0 Å². The smallest absolute Gasteiger partial charge is 0.294 e. The van der Waals surface area contributed by atoms with E-state index in [0.29, 0.717) is 36.2 Å². The van der Waals surface area contributed by atoms with Crippen molar-refractivity contribution < 1.29 is 9.66 Å². The topological polar surface area (TPSA) is 102 Å². The number of fused-ring (bicyclic) bond motifs is 1. The van der Waals surface area contributed by atoms with Crippen molar-refractivity contribution in [2.45, 2.75) is 0 Å². The molecule has 0 saturated carbocycles. The Balaban J connectivity index is 1.87. The Morgan fingerprint density at radius 3 is 2.63 bits per heavy atom. The quantitative estimate of drug-likeness (QED) is 0.283. The molecule has 10 nitrogen and oxygen atoms in total. The summed E-state index contributed by atoms with van der Waals surface area (Å²) >= 11 is 0. The van der Waals surface area contributed by atoms with Crippen LogP contribution in [0.4, 0.5) is 23.0 Å². The van der Waals surface area contributed by atoms with Gasteiger partial charge in [-0.05, 0) is 26.2 Å². The number of likely N-dealkylation sites (N-methyl/N-ethyl adjacent to an activating group) is 1. The molecule has 0 aliphatic rings. The molecule has 1 N–H and O–H groups in total. The molecule has 4 aromatic rings. The summed E-state index contributed by atoms with van der Waals surface area (Å²) in [5, 5.41) is 15.8. The van der Waals surface area contributed by atoms with Crippen LogP contribution >= 0.6 is 0 Å². The van der Waals surface area contributed by atoms with Crippen molar-refractivity contribution >= 4 is 33.9 Å². The number of nitro groups is 1. The Morgan fingerprint density at radius 1 is 1.17 bits per heavy atom. The van der Waals surface area contributed by atoms with Crippen LogP contribution in [-0.4, -0.2) is 65.7 Å². The third-order valence-electron chi connectivity index (χ3n) is 5.88. The van der Waals surface area contributed by atoms with Gasteiger partial charge in [0.25, 0.3) is 5.69 Å². The zero-order valence-corrected chi connectivity index (χ0v) is 20.5. The van der Waals surface area contributed by atoms with Crippen LogP contribution in [0.15, 0.2) is 54.9 Å². The number of nitro benzene ring substituents is 1. The standard InChI is InChI=1S/C25H29N7O3/c1-26-20-14-24(35-5)23(15-22(20)32(33)34)31(13-12-29(2)3)25-27-11-10-19(28-25)18-16-30(4)21-9-7-6-8-17(18)21/h6-11,14-16,26H,12-13H2,1-5H3. The zero-order chi connectivity index (χ0) is 25.1. The van der Waals surface area contributed by atoms with Gasteiger partial charge in [-0.15, -0.1) is 0 Å². The van der Waals surface area contributed by atoms with E-state index in [2.05, 4.69) is 27.0 Å². The molecule has 0 bridgehead atoms. The van der Waals surface area contributed by atoms with E-state index in [9.17, 15) is 10.1 Å². The monoisotopic (exact) mass is 475 g/mol. The van der Waals surface area contributed by atoms with Crippen LogP contribution in [0.2, 0.25) is 0 Å². The summed E-state index contributed by atoms with van der Waals surface area (Å²) in [5.74, 6) is 0.917. The van der Waals surface area contributed by atoms with E-state index < -0.39 is 4.92 Å². The molecule has 2 aromatic heterocycles. The van der Waals surface area contributed by atoms with Crippen LogP contribution in [-0.2, 0) is 7.05 Å². The van der Waals surface area contributed by atoms with Crippen molar-refractivity contribution in [1.82, 2.24) is 19.4 Å². The van der Waals surface area contributed by atoms with Crippen molar-refractivity contribution in [2.75, 3.05) is 51.6 Å². The summed E-state index contributed by atoms with van der Waals surface area (Å²) < 4.78 is 7.70. The van der Waals surface area contributed by atoms with Crippen LogP contribution in [0.3, 0.4) is 0 Å². The van der Waals surface area contributed by atoms with Crippen LogP contribution in [0, 0.1) is 10.1 Å². The van der Waals surface area contributed by atoms with Crippen molar-refractivity contribution in [1.29, 1.82) is 0 Å². The van der Waals surface area contributed by atoms with Gasteiger partial charge in [-0.25, -0.2) is 9.97 Å². The van der Waals surface area contributed by atoms with Crippen molar-refractivity contribution in [2.24, 2.45) is 7.05 Å². The molecule has 0 saturated heterocycles. The van der Waals surface area contributed by atoms with Gasteiger partial charge in [0.2, 0.25) is 5.95 Å². The number of aromatic nitrogens is 3. The summed E-state index contributed by atoms with van der Waals surface area (Å²) in [4.78, 5) is 24.7. The molecule has 10 heteroatoms. The number of anilines is 3. The number of benzene rings is 2. The normalized spacial score (nSPS) is 11.1. The average Bonchev–Trinajstić information content (AvgIpc) is 3.20. The lowest BCUT2D eigenvalue weighted by molar-refractivity contribution is -0.383. The van der Waals surface area contributed by atoms with E-state index in [1.807, 2.05) is 55.3 Å². The Kier molecular flexibility index (Phi) is 6.83. The maximum atomic E-state index is 11.8.